The summed E-state index contributed by atoms with van der Waals surface area (Å²) in [6.45, 7) is 18.9. The maximum absolute atomic E-state index is 4.75. The molecule has 40 heavy (non-hydrogen) atoms. The molecule has 0 fully saturated rings. The average molecular weight is 543 g/mol. The summed E-state index contributed by atoms with van der Waals surface area (Å²) in [4.78, 5) is 4.75. The molecule has 0 aliphatic heterocycles. The number of anilines is 1. The van der Waals surface area contributed by atoms with Crippen molar-refractivity contribution in [1.82, 2.24) is 36.0 Å². The van der Waals surface area contributed by atoms with Crippen LogP contribution < -0.4 is 16.0 Å². The minimum absolute atomic E-state index is 0.734. The Bertz CT molecular complexity index is 1320. The Labute approximate surface area is 239 Å². The Hall–Kier alpha value is -3.49. The number of rotatable bonds is 14. The molecule has 214 valence electrons. The van der Waals surface area contributed by atoms with E-state index in [2.05, 4.69) is 95.2 Å². The minimum atomic E-state index is 0.734. The van der Waals surface area contributed by atoms with E-state index in [4.69, 9.17) is 4.98 Å². The molecule has 4 aromatic rings. The van der Waals surface area contributed by atoms with Gasteiger partial charge in [-0.25, -0.2) is 4.98 Å². The minimum Gasteiger partial charge on any atom is -0.366 e. The molecule has 3 heterocycles. The second kappa shape index (κ2) is 13.7. The highest BCUT2D eigenvalue weighted by Gasteiger charge is 2.21. The average Bonchev–Trinajstić information content (AvgIpc) is 3.53. The monoisotopic (exact) mass is 542 g/mol. The molecule has 0 aliphatic carbocycles. The van der Waals surface area contributed by atoms with Crippen LogP contribution in [-0.2, 0) is 52.0 Å². The molecule has 4 rings (SSSR count). The fourth-order valence-corrected chi connectivity index (χ4v) is 5.89. The molecular weight excluding hydrogens is 496 g/mol. The van der Waals surface area contributed by atoms with Crippen molar-refractivity contribution in [3.05, 3.63) is 91.7 Å². The first-order chi connectivity index (χ1) is 19.3. The van der Waals surface area contributed by atoms with Crippen LogP contribution in [0.3, 0.4) is 0 Å². The van der Waals surface area contributed by atoms with E-state index >= 15 is 0 Å². The van der Waals surface area contributed by atoms with Gasteiger partial charge in [0.1, 0.15) is 5.82 Å². The number of H-pyrrole nitrogens is 2. The summed E-state index contributed by atoms with van der Waals surface area (Å²) in [7, 11) is 0. The normalized spacial score (nSPS) is 11.4. The number of pyridine rings is 1. The zero-order valence-electron chi connectivity index (χ0n) is 25.3. The Morgan fingerprint density at radius 1 is 0.575 bits per heavy atom. The third kappa shape index (κ3) is 7.17. The second-order valence-corrected chi connectivity index (χ2v) is 10.7. The predicted octanol–water partition coefficient (Wildman–Crippen LogP) is 5.64. The first-order valence-corrected chi connectivity index (χ1v) is 14.6. The summed E-state index contributed by atoms with van der Waals surface area (Å²) in [5.41, 5.74) is 15.1. The van der Waals surface area contributed by atoms with Crippen molar-refractivity contribution in [3.63, 3.8) is 0 Å². The van der Waals surface area contributed by atoms with Crippen molar-refractivity contribution < 1.29 is 0 Å². The van der Waals surface area contributed by atoms with E-state index < -0.39 is 0 Å². The molecule has 0 saturated carbocycles. The third-order valence-corrected chi connectivity index (χ3v) is 7.52. The number of nitrogens with zero attached hydrogens (tertiary/aromatic N) is 3. The first-order valence-electron chi connectivity index (χ1n) is 14.6. The molecular formula is C32H46N8. The molecule has 1 aromatic carbocycles. The van der Waals surface area contributed by atoms with E-state index in [0.717, 1.165) is 86.3 Å². The lowest BCUT2D eigenvalue weighted by molar-refractivity contribution is 0.648. The van der Waals surface area contributed by atoms with Crippen LogP contribution in [0.2, 0.25) is 0 Å². The Kier molecular flexibility index (Phi) is 10.1. The Balaban J connectivity index is 1.69. The van der Waals surface area contributed by atoms with Crippen molar-refractivity contribution in [1.29, 1.82) is 0 Å². The highest BCUT2D eigenvalue weighted by molar-refractivity contribution is 5.54. The van der Waals surface area contributed by atoms with Gasteiger partial charge in [0, 0.05) is 49.8 Å². The van der Waals surface area contributed by atoms with E-state index in [-0.39, 0.29) is 0 Å². The molecule has 8 heteroatoms. The SMILES string of the molecule is CCc1c(CNCc2cc(C)[nH]n2)c(CC)c(CNc2cc(C)cc(C)n2)c(CC)c1CNCc1cc(C)[nH]n1. The van der Waals surface area contributed by atoms with Gasteiger partial charge in [-0.15, -0.1) is 0 Å². The van der Waals surface area contributed by atoms with Crippen LogP contribution in [0.25, 0.3) is 0 Å². The van der Waals surface area contributed by atoms with E-state index in [1.165, 1.54) is 38.9 Å². The molecule has 0 spiro atoms. The maximum Gasteiger partial charge on any atom is 0.126 e. The molecule has 0 amide bonds. The topological polar surface area (TPSA) is 106 Å². The third-order valence-electron chi connectivity index (χ3n) is 7.52. The zero-order chi connectivity index (χ0) is 28.6. The molecule has 0 atom stereocenters. The van der Waals surface area contributed by atoms with Crippen LogP contribution in [0, 0.1) is 27.7 Å². The van der Waals surface area contributed by atoms with E-state index in [1.807, 2.05) is 13.8 Å². The zero-order valence-corrected chi connectivity index (χ0v) is 25.3. The fraction of sp³-hybridized carbons (Fsp3) is 0.469. The smallest absolute Gasteiger partial charge is 0.126 e. The lowest BCUT2D eigenvalue weighted by Crippen LogP contribution is -2.23. The van der Waals surface area contributed by atoms with E-state index in [0.29, 0.717) is 0 Å². The number of hydrogen-bond acceptors (Lipinski definition) is 6. The molecule has 0 saturated heterocycles. The summed E-state index contributed by atoms with van der Waals surface area (Å²) in [5, 5.41) is 26.0. The number of aryl methyl sites for hydroxylation is 4. The van der Waals surface area contributed by atoms with Crippen LogP contribution in [0.5, 0.6) is 0 Å². The maximum atomic E-state index is 4.75. The van der Waals surface area contributed by atoms with Crippen molar-refractivity contribution in [3.8, 4) is 0 Å². The summed E-state index contributed by atoms with van der Waals surface area (Å²) in [6.07, 6.45) is 2.95. The van der Waals surface area contributed by atoms with Crippen LogP contribution >= 0.6 is 0 Å². The lowest BCUT2D eigenvalue weighted by atomic mass is 9.83. The van der Waals surface area contributed by atoms with Crippen LogP contribution in [0.4, 0.5) is 5.82 Å². The molecule has 0 radical (unpaired) electrons. The second-order valence-electron chi connectivity index (χ2n) is 10.7. The summed E-state index contributed by atoms with van der Waals surface area (Å²) < 4.78 is 0. The number of nitrogens with one attached hydrogen (secondary N) is 5. The van der Waals surface area contributed by atoms with Gasteiger partial charge in [-0.2, -0.15) is 10.2 Å². The summed E-state index contributed by atoms with van der Waals surface area (Å²) in [6, 6.07) is 8.46. The largest absolute Gasteiger partial charge is 0.366 e. The molecule has 0 bridgehead atoms. The molecule has 5 N–H and O–H groups in total. The van der Waals surface area contributed by atoms with Gasteiger partial charge >= 0.3 is 0 Å². The number of aromatic amines is 2. The molecule has 8 nitrogen and oxygen atoms in total. The van der Waals surface area contributed by atoms with Gasteiger partial charge in [-0.1, -0.05) is 20.8 Å². The van der Waals surface area contributed by atoms with Crippen molar-refractivity contribution in [2.45, 2.75) is 100 Å². The first kappa shape index (κ1) is 29.5. The highest BCUT2D eigenvalue weighted by Crippen LogP contribution is 2.31. The van der Waals surface area contributed by atoms with Crippen molar-refractivity contribution >= 4 is 5.82 Å². The Morgan fingerprint density at radius 2 is 1.05 bits per heavy atom. The van der Waals surface area contributed by atoms with Gasteiger partial charge in [0.25, 0.3) is 0 Å². The Morgan fingerprint density at radius 3 is 1.45 bits per heavy atom. The van der Waals surface area contributed by atoms with E-state index in [1.54, 1.807) is 0 Å². The van der Waals surface area contributed by atoms with Gasteiger partial charge in [0.05, 0.1) is 11.4 Å². The molecule has 0 unspecified atom stereocenters. The quantitative estimate of drug-likeness (QED) is 0.141. The molecule has 3 aromatic heterocycles. The predicted molar refractivity (Wildman–Crippen MR) is 163 cm³/mol. The van der Waals surface area contributed by atoms with E-state index in [9.17, 15) is 0 Å². The van der Waals surface area contributed by atoms with Crippen molar-refractivity contribution in [2.24, 2.45) is 0 Å². The summed E-state index contributed by atoms with van der Waals surface area (Å²) in [5.74, 6) is 0.934. The number of hydrogen-bond donors (Lipinski definition) is 5. The van der Waals surface area contributed by atoms with Crippen LogP contribution in [0.1, 0.15) is 88.2 Å². The fourth-order valence-electron chi connectivity index (χ4n) is 5.89. The van der Waals surface area contributed by atoms with Crippen LogP contribution in [0.15, 0.2) is 24.3 Å². The van der Waals surface area contributed by atoms with Gasteiger partial charge in [0.15, 0.2) is 0 Å². The van der Waals surface area contributed by atoms with Gasteiger partial charge in [0.2, 0.25) is 0 Å². The van der Waals surface area contributed by atoms with Crippen molar-refractivity contribution in [2.75, 3.05) is 5.32 Å². The summed E-state index contributed by atoms with van der Waals surface area (Å²) >= 11 is 0. The molecule has 0 aliphatic rings. The number of aromatic nitrogens is 5. The van der Waals surface area contributed by atoms with Crippen LogP contribution in [-0.4, -0.2) is 25.4 Å². The number of benzene rings is 1. The standard InChI is InChI=1S/C32H46N8/c1-8-26-29(17-33-15-24-13-22(6)37-39-24)27(9-2)31(19-35-32-12-20(4)11-21(5)36-32)28(10-3)30(26)18-34-16-25-14-23(7)38-40-25/h11-14,33-34H,8-10,15-19H2,1-7H3,(H,35,36)(H,37,39)(H,38,40). The lowest BCUT2D eigenvalue weighted by Gasteiger charge is -2.27. The van der Waals surface area contributed by atoms with Gasteiger partial charge in [-0.3, -0.25) is 10.2 Å². The highest BCUT2D eigenvalue weighted by atomic mass is 15.1. The van der Waals surface area contributed by atoms with Gasteiger partial charge in [-0.05, 0) is 110 Å². The van der Waals surface area contributed by atoms with Gasteiger partial charge < -0.3 is 16.0 Å².